The van der Waals surface area contributed by atoms with Gasteiger partial charge in [-0.3, -0.25) is 9.59 Å². The Hall–Kier alpha value is -4.36. The Morgan fingerprint density at radius 2 is 0.541 bits per heavy atom. The molecule has 0 amide bonds. The van der Waals surface area contributed by atoms with E-state index in [1.807, 2.05) is 107 Å². The second kappa shape index (κ2) is 32.2. The molecule has 0 bridgehead atoms. The van der Waals surface area contributed by atoms with E-state index in [1.54, 1.807) is 24.3 Å². The maximum absolute atomic E-state index is 10.6. The topological polar surface area (TPSA) is 89.5 Å². The van der Waals surface area contributed by atoms with Gasteiger partial charge in [-0.15, -0.1) is 0 Å². The van der Waals surface area contributed by atoms with E-state index in [0.717, 1.165) is 22.5 Å². The quantitative estimate of drug-likeness (QED) is 0.0760. The van der Waals surface area contributed by atoms with Crippen molar-refractivity contribution in [3.63, 3.8) is 0 Å². The van der Waals surface area contributed by atoms with Crippen LogP contribution >= 0.6 is 50.8 Å². The van der Waals surface area contributed by atoms with Gasteiger partial charge in [-0.25, -0.2) is 0 Å². The number of benzene rings is 8. The number of carbonyl (C=O) groups excluding carboxylic acids is 2. The van der Waals surface area contributed by atoms with E-state index in [4.69, 9.17) is 47.0 Å². The summed E-state index contributed by atoms with van der Waals surface area (Å²) >= 11 is 3.15. The van der Waals surface area contributed by atoms with Crippen molar-refractivity contribution < 1.29 is 53.5 Å². The largest absolute Gasteiger partial charge is 0.0622 e. The third-order valence-corrected chi connectivity index (χ3v) is 20.9. The summed E-state index contributed by atoms with van der Waals surface area (Å²) in [4.78, 5) is 20.7. The molecule has 85 heavy (non-hydrogen) atoms. The Morgan fingerprint density at radius 1 is 0.341 bits per heavy atom. The van der Waals surface area contributed by atoms with Crippen LogP contribution in [0.3, 0.4) is 0 Å². The van der Waals surface area contributed by atoms with Gasteiger partial charge in [-0.1, -0.05) is 234 Å². The van der Waals surface area contributed by atoms with E-state index in [-0.39, 0.29) is 56.7 Å². The van der Waals surface area contributed by atoms with Gasteiger partial charge in [-0.2, -0.15) is 0 Å². The molecule has 0 aliphatic carbocycles. The minimum absolute atomic E-state index is 0.106. The number of carbonyl (C=O) groups is 2. The molecule has 8 aromatic rings. The summed E-state index contributed by atoms with van der Waals surface area (Å²) in [6, 6.07) is 79.1. The van der Waals surface area contributed by atoms with E-state index < -0.39 is 29.9 Å². The van der Waals surface area contributed by atoms with Crippen LogP contribution < -0.4 is 37.3 Å². The zero-order chi connectivity index (χ0) is 61.9. The zero-order valence-electron chi connectivity index (χ0n) is 50.4. The van der Waals surface area contributed by atoms with Crippen LogP contribution in [-0.4, -0.2) is 67.3 Å². The predicted molar refractivity (Wildman–Crippen MR) is 361 cm³/mol. The predicted octanol–water partition coefficient (Wildman–Crippen LogP) is 14.6. The van der Waals surface area contributed by atoms with Crippen LogP contribution in [0.5, 0.6) is 0 Å². The molecule has 446 valence electrons. The molecule has 11 rings (SSSR count). The molecule has 0 unspecified atom stereocenters. The molecule has 8 aromatic carbocycles. The molecule has 3 aliphatic rings. The first-order valence-corrected chi connectivity index (χ1v) is 35.4. The van der Waals surface area contributed by atoms with Crippen molar-refractivity contribution in [3.05, 3.63) is 246 Å². The molecular weight excluding hydrogens is 1300 g/mol. The number of halogens is 3. The molecule has 0 spiro atoms. The first-order chi connectivity index (χ1) is 40.4. The van der Waals surface area contributed by atoms with Crippen molar-refractivity contribution >= 4 is 122 Å². The summed E-state index contributed by atoms with van der Waals surface area (Å²) in [5.41, 5.74) is 0.199. The monoisotopic (exact) mass is 1370 g/mol. The Bertz CT molecular complexity index is 2870. The van der Waals surface area contributed by atoms with Gasteiger partial charge < -0.3 is 27.9 Å². The first kappa shape index (κ1) is 69.7. The molecule has 0 radical (unpaired) electrons. The summed E-state index contributed by atoms with van der Waals surface area (Å²) in [6.07, 6.45) is 1.65. The summed E-state index contributed by atoms with van der Waals surface area (Å²) in [6.45, 7) is 24.3. The summed E-state index contributed by atoms with van der Waals surface area (Å²) in [7, 11) is 7.42. The fourth-order valence-corrected chi connectivity index (χ4v) is 13.5. The normalized spacial score (nSPS) is 17.0. The molecule has 17 heteroatoms. The molecule has 3 saturated heterocycles. The summed E-state index contributed by atoms with van der Waals surface area (Å²) < 4.78 is 36.7. The van der Waals surface area contributed by atoms with E-state index in [9.17, 15) is 9.59 Å². The molecule has 3 aliphatic heterocycles. The van der Waals surface area contributed by atoms with Crippen LogP contribution in [0.2, 0.25) is 0 Å². The summed E-state index contributed by atoms with van der Waals surface area (Å²) in [5.74, 6) is 0. The molecule has 0 saturated carbocycles. The second-order valence-corrected chi connectivity index (χ2v) is 30.7. The van der Waals surface area contributed by atoms with E-state index in [2.05, 4.69) is 198 Å². The number of rotatable bonds is 10. The van der Waals surface area contributed by atoms with Gasteiger partial charge in [0, 0.05) is 15.6 Å². The number of hydrogen-bond acceptors (Lipinski definition) is 8. The van der Waals surface area contributed by atoms with Crippen LogP contribution in [0.4, 0.5) is 0 Å². The van der Waals surface area contributed by atoms with Crippen LogP contribution in [-0.2, 0) is 43.9 Å². The summed E-state index contributed by atoms with van der Waals surface area (Å²) in [5, 5.41) is 8.39. The van der Waals surface area contributed by atoms with Crippen molar-refractivity contribution in [1.82, 2.24) is 0 Å². The van der Waals surface area contributed by atoms with Crippen LogP contribution in [0.1, 0.15) is 104 Å². The average molecular weight is 1370 g/mol. The second-order valence-electron chi connectivity index (χ2n) is 23.0. The number of hydrogen-bond donors (Lipinski definition) is 0. The smallest absolute Gasteiger partial charge is 0.0134 e. The van der Waals surface area contributed by atoms with Crippen LogP contribution in [0, 0.1) is 0 Å². The van der Waals surface area contributed by atoms with Crippen molar-refractivity contribution in [2.75, 3.05) is 0 Å². The van der Waals surface area contributed by atoms with Gasteiger partial charge in [0.05, 0.1) is 33.6 Å². The molecule has 0 atom stereocenters. The third kappa shape index (κ3) is 19.6. The number of aldehydes is 2. The van der Waals surface area contributed by atoms with Gasteiger partial charge >= 0.3 is 56.1 Å². The SMILES string of the molecule is CC1(C)OB(B2OC(C)(C)C(C)(C)O2)OC1(C)C.CC1(C)OB(c2ccc(C=O)cc2)OC1(C)C.O=Cc1ccc(Br)cc1.[Cl][Pd][Cl].c1ccc(P(c2ccccc2)c2ccccc2)cc1.c1ccc(P(c2ccccc2)c2ccccc2)cc1. The Balaban J connectivity index is 0.000000171. The van der Waals surface area contributed by atoms with Crippen LogP contribution in [0.15, 0.2) is 235 Å². The van der Waals surface area contributed by atoms with Crippen molar-refractivity contribution in [3.8, 4) is 0 Å². The Labute approximate surface area is 534 Å². The van der Waals surface area contributed by atoms with Gasteiger partial charge in [-0.05, 0) is 148 Å². The van der Waals surface area contributed by atoms with Crippen molar-refractivity contribution in [1.29, 1.82) is 0 Å². The van der Waals surface area contributed by atoms with Crippen molar-refractivity contribution in [2.45, 2.75) is 117 Å². The molecule has 0 N–H and O–H groups in total. The molecule has 3 heterocycles. The maximum atomic E-state index is 10.6. The average Bonchev–Trinajstić information content (AvgIpc) is 2.09. The van der Waals surface area contributed by atoms with Crippen LogP contribution in [0.25, 0.3) is 0 Å². The van der Waals surface area contributed by atoms with Crippen molar-refractivity contribution in [2.24, 2.45) is 0 Å². The fraction of sp³-hybridized carbons (Fsp3) is 0.265. The maximum Gasteiger partial charge on any atom is -0.0134 e. The van der Waals surface area contributed by atoms with E-state index in [1.165, 1.54) is 31.8 Å². The van der Waals surface area contributed by atoms with E-state index in [0.29, 0.717) is 11.1 Å². The van der Waals surface area contributed by atoms with Gasteiger partial charge in [0.15, 0.2) is 0 Å². The molecular formula is C68H76B3BrCl2O8P2Pd. The van der Waals surface area contributed by atoms with Gasteiger partial charge in [0.2, 0.25) is 0 Å². The van der Waals surface area contributed by atoms with Gasteiger partial charge in [0.1, 0.15) is 12.6 Å². The molecule has 0 aromatic heterocycles. The first-order valence-electron chi connectivity index (χ1n) is 27.9. The fourth-order valence-electron chi connectivity index (χ4n) is 8.61. The minimum atomic E-state index is -0.476. The zero-order valence-corrected chi connectivity index (χ0v) is 56.9. The molecule has 3 fully saturated rings. The van der Waals surface area contributed by atoms with Gasteiger partial charge in [0.25, 0.3) is 0 Å². The Kier molecular flexibility index (Phi) is 26.4. The van der Waals surface area contributed by atoms with E-state index >= 15 is 0 Å². The minimum Gasteiger partial charge on any atom is -0.0622 e. The Morgan fingerprint density at radius 3 is 0.753 bits per heavy atom. The third-order valence-electron chi connectivity index (χ3n) is 15.5. The molecule has 8 nitrogen and oxygen atoms in total. The standard InChI is InChI=1S/2C18H15P.C13H17BO3.C12H24B2O4.C7H5BrO.2ClH.Pd/c2*1-4-10-16(11-5-1)19(17-12-6-2-7-13-17)18-14-8-3-9-15-18;1-12(2)13(3,4)17-14(16-12)11-7-5-10(9-15)6-8-11;1-9(2)10(3,4)16-13(15-9)14-17-11(5,6)12(7,8)18-14;8-7-3-1-6(5-9)2-4-7;;;/h2*1-15H;5-9H,1-4H3;1-8H3;1-5H;2*1H;/q;;;;;;;+2/p-2.